The van der Waals surface area contributed by atoms with Crippen molar-refractivity contribution in [2.45, 2.75) is 124 Å². The van der Waals surface area contributed by atoms with Crippen LogP contribution in [0.15, 0.2) is 0 Å². The molecule has 0 aliphatic carbocycles. The van der Waals surface area contributed by atoms with Crippen LogP contribution >= 0.6 is 0 Å². The van der Waals surface area contributed by atoms with Crippen LogP contribution in [-0.4, -0.2) is 46.7 Å². The topological polar surface area (TPSA) is 87.0 Å². The van der Waals surface area contributed by atoms with Crippen LogP contribution in [0.25, 0.3) is 0 Å². The molecule has 0 rings (SSSR count). The SMILES string of the molecule is CC(C)CCCC(C)CCCC(C)CCCC(C)CCCC(=O)OC[C@@H](O)[C@@H](O)CO. The van der Waals surface area contributed by atoms with Crippen molar-refractivity contribution in [2.24, 2.45) is 23.7 Å². The maximum absolute atomic E-state index is 11.7. The van der Waals surface area contributed by atoms with E-state index in [1.807, 2.05) is 0 Å². The number of hydrogen-bond acceptors (Lipinski definition) is 5. The molecule has 31 heavy (non-hydrogen) atoms. The summed E-state index contributed by atoms with van der Waals surface area (Å²) in [4.78, 5) is 11.7. The number of aliphatic hydroxyl groups excluding tert-OH is 3. The number of hydrogen-bond donors (Lipinski definition) is 3. The second-order valence-corrected chi connectivity index (χ2v) is 10.4. The Balaban J connectivity index is 3.67. The number of rotatable bonds is 20. The Bertz CT molecular complexity index is 426. The smallest absolute Gasteiger partial charge is 0.305 e. The van der Waals surface area contributed by atoms with E-state index in [0.29, 0.717) is 12.3 Å². The molecule has 0 bridgehead atoms. The minimum atomic E-state index is -1.27. The first-order valence-electron chi connectivity index (χ1n) is 12.8. The van der Waals surface area contributed by atoms with E-state index >= 15 is 0 Å². The van der Waals surface area contributed by atoms with Gasteiger partial charge in [-0.15, -0.1) is 0 Å². The van der Waals surface area contributed by atoms with Gasteiger partial charge in [-0.1, -0.05) is 98.8 Å². The van der Waals surface area contributed by atoms with E-state index in [1.54, 1.807) is 0 Å². The Labute approximate surface area is 192 Å². The molecule has 0 radical (unpaired) electrons. The quantitative estimate of drug-likeness (QED) is 0.216. The van der Waals surface area contributed by atoms with Gasteiger partial charge in [-0.3, -0.25) is 4.79 Å². The number of esters is 1. The molecule has 0 saturated heterocycles. The van der Waals surface area contributed by atoms with Crippen LogP contribution in [0.4, 0.5) is 0 Å². The molecule has 0 aromatic heterocycles. The molecule has 5 atom stereocenters. The van der Waals surface area contributed by atoms with Crippen LogP contribution in [0.3, 0.4) is 0 Å². The summed E-state index contributed by atoms with van der Waals surface area (Å²) < 4.78 is 4.95. The molecule has 0 aliphatic rings. The number of carbonyl (C=O) groups is 1. The maximum atomic E-state index is 11.7. The standard InChI is InChI=1S/C26H52O5/c1-20(2)10-6-11-21(3)12-7-13-22(4)14-8-15-23(5)16-9-17-26(30)31-19-25(29)24(28)18-27/h20-25,27-29H,6-19H2,1-5H3/t21?,22?,23?,24-,25+/m0/s1. The van der Waals surface area contributed by atoms with Gasteiger partial charge in [-0.25, -0.2) is 0 Å². The molecular formula is C26H52O5. The first-order valence-corrected chi connectivity index (χ1v) is 12.8. The van der Waals surface area contributed by atoms with Gasteiger partial charge in [0.25, 0.3) is 0 Å². The fourth-order valence-electron chi connectivity index (χ4n) is 4.02. The lowest BCUT2D eigenvalue weighted by Crippen LogP contribution is -2.34. The largest absolute Gasteiger partial charge is 0.463 e. The molecule has 0 aromatic rings. The summed E-state index contributed by atoms with van der Waals surface area (Å²) in [5, 5.41) is 27.4. The van der Waals surface area contributed by atoms with Gasteiger partial charge >= 0.3 is 5.97 Å². The molecule has 5 heteroatoms. The summed E-state index contributed by atoms with van der Waals surface area (Å²) in [6, 6.07) is 0. The zero-order valence-electron chi connectivity index (χ0n) is 21.0. The van der Waals surface area contributed by atoms with Crippen LogP contribution in [0.5, 0.6) is 0 Å². The van der Waals surface area contributed by atoms with Crippen LogP contribution < -0.4 is 0 Å². The van der Waals surface area contributed by atoms with E-state index in [0.717, 1.165) is 30.6 Å². The molecule has 0 amide bonds. The first-order chi connectivity index (χ1) is 14.6. The van der Waals surface area contributed by atoms with Crippen LogP contribution in [-0.2, 0) is 9.53 Å². The monoisotopic (exact) mass is 444 g/mol. The fourth-order valence-corrected chi connectivity index (χ4v) is 4.02. The predicted molar refractivity (Wildman–Crippen MR) is 128 cm³/mol. The van der Waals surface area contributed by atoms with Crippen LogP contribution in [0.2, 0.25) is 0 Å². The summed E-state index contributed by atoms with van der Waals surface area (Å²) in [5.41, 5.74) is 0. The third-order valence-electron chi connectivity index (χ3n) is 6.39. The zero-order valence-corrected chi connectivity index (χ0v) is 21.0. The van der Waals surface area contributed by atoms with Crippen LogP contribution in [0, 0.1) is 23.7 Å². The summed E-state index contributed by atoms with van der Waals surface area (Å²) in [7, 11) is 0. The molecule has 0 saturated carbocycles. The van der Waals surface area contributed by atoms with Gasteiger partial charge in [0.15, 0.2) is 0 Å². The third kappa shape index (κ3) is 18.6. The van der Waals surface area contributed by atoms with E-state index < -0.39 is 18.8 Å². The molecule has 0 aromatic carbocycles. The lowest BCUT2D eigenvalue weighted by molar-refractivity contribution is -0.149. The summed E-state index contributed by atoms with van der Waals surface area (Å²) in [6.07, 6.45) is 11.5. The second-order valence-electron chi connectivity index (χ2n) is 10.4. The molecule has 0 heterocycles. The Morgan fingerprint density at radius 1 is 0.677 bits per heavy atom. The zero-order chi connectivity index (χ0) is 23.6. The van der Waals surface area contributed by atoms with Gasteiger partial charge < -0.3 is 20.1 Å². The van der Waals surface area contributed by atoms with Crippen LogP contribution in [0.1, 0.15) is 112 Å². The second kappa shape index (κ2) is 18.9. The highest BCUT2D eigenvalue weighted by Crippen LogP contribution is 2.23. The predicted octanol–water partition coefficient (Wildman–Crippen LogP) is 5.49. The van der Waals surface area contributed by atoms with Crippen molar-refractivity contribution < 1.29 is 24.9 Å². The third-order valence-corrected chi connectivity index (χ3v) is 6.39. The van der Waals surface area contributed by atoms with Crippen molar-refractivity contribution in [3.05, 3.63) is 0 Å². The van der Waals surface area contributed by atoms with Gasteiger partial charge in [-0.05, 0) is 30.1 Å². The molecular weight excluding hydrogens is 392 g/mol. The number of aliphatic hydroxyl groups is 3. The first kappa shape index (κ1) is 30.4. The molecule has 5 nitrogen and oxygen atoms in total. The molecule has 186 valence electrons. The van der Waals surface area contributed by atoms with Crippen molar-refractivity contribution >= 4 is 5.97 Å². The van der Waals surface area contributed by atoms with E-state index in [1.165, 1.54) is 57.8 Å². The summed E-state index contributed by atoms with van der Waals surface area (Å²) >= 11 is 0. The lowest BCUT2D eigenvalue weighted by Gasteiger charge is -2.17. The van der Waals surface area contributed by atoms with Gasteiger partial charge in [0.05, 0.1) is 6.61 Å². The van der Waals surface area contributed by atoms with E-state index in [9.17, 15) is 15.0 Å². The fraction of sp³-hybridized carbons (Fsp3) is 0.962. The average molecular weight is 445 g/mol. The van der Waals surface area contributed by atoms with Crippen molar-refractivity contribution in [2.75, 3.05) is 13.2 Å². The highest BCUT2D eigenvalue weighted by molar-refractivity contribution is 5.69. The Kier molecular flexibility index (Phi) is 18.5. The van der Waals surface area contributed by atoms with Crippen molar-refractivity contribution in [1.82, 2.24) is 0 Å². The highest BCUT2D eigenvalue weighted by Gasteiger charge is 2.17. The molecule has 0 spiro atoms. The maximum Gasteiger partial charge on any atom is 0.305 e. The van der Waals surface area contributed by atoms with Gasteiger partial charge in [-0.2, -0.15) is 0 Å². The van der Waals surface area contributed by atoms with E-state index in [2.05, 4.69) is 34.6 Å². The molecule has 0 aliphatic heterocycles. The van der Waals surface area contributed by atoms with Gasteiger partial charge in [0.2, 0.25) is 0 Å². The normalized spacial score (nSPS) is 16.7. The highest BCUT2D eigenvalue weighted by atomic mass is 16.5. The number of carbonyl (C=O) groups excluding carboxylic acids is 1. The minimum absolute atomic E-state index is 0.273. The molecule has 3 unspecified atom stereocenters. The average Bonchev–Trinajstić information content (AvgIpc) is 2.71. The van der Waals surface area contributed by atoms with E-state index in [4.69, 9.17) is 9.84 Å². The minimum Gasteiger partial charge on any atom is -0.463 e. The Hall–Kier alpha value is -0.650. The van der Waals surface area contributed by atoms with Gasteiger partial charge in [0, 0.05) is 6.42 Å². The van der Waals surface area contributed by atoms with E-state index in [-0.39, 0.29) is 12.6 Å². The summed E-state index contributed by atoms with van der Waals surface area (Å²) in [6.45, 7) is 10.8. The molecule has 0 fully saturated rings. The lowest BCUT2D eigenvalue weighted by atomic mass is 9.90. The van der Waals surface area contributed by atoms with Gasteiger partial charge in [0.1, 0.15) is 18.8 Å². The summed E-state index contributed by atoms with van der Waals surface area (Å²) in [5.74, 6) is 2.73. The van der Waals surface area contributed by atoms with Crippen molar-refractivity contribution in [3.8, 4) is 0 Å². The van der Waals surface area contributed by atoms with Crippen molar-refractivity contribution in [1.29, 1.82) is 0 Å². The Morgan fingerprint density at radius 3 is 1.52 bits per heavy atom. The van der Waals surface area contributed by atoms with Crippen molar-refractivity contribution in [3.63, 3.8) is 0 Å². The molecule has 3 N–H and O–H groups in total. The Morgan fingerprint density at radius 2 is 1.10 bits per heavy atom. The number of ether oxygens (including phenoxy) is 1.